The molecule has 110 valence electrons. The molecule has 2 aliphatic rings. The molecule has 3 atom stereocenters. The van der Waals surface area contributed by atoms with Gasteiger partial charge in [-0.1, -0.05) is 15.9 Å². The monoisotopic (exact) mass is 468 g/mol. The molecule has 20 heavy (non-hydrogen) atoms. The van der Waals surface area contributed by atoms with Gasteiger partial charge in [0, 0.05) is 20.4 Å². The molecule has 5 heteroatoms. The quantitative estimate of drug-likeness (QED) is 0.652. The molecule has 2 saturated heterocycles. The summed E-state index contributed by atoms with van der Waals surface area (Å²) in [6.07, 6.45) is 2.70. The molecular weight excluding hydrogens is 451 g/mol. The van der Waals surface area contributed by atoms with Gasteiger partial charge in [-0.25, -0.2) is 0 Å². The SMILES string of the molecule is OC(c1cc(Br)ccc1I)C1CCOC2(CCSC2)C1. The van der Waals surface area contributed by atoms with Crippen molar-refractivity contribution in [1.82, 2.24) is 0 Å². The Hall–Kier alpha value is 0.700. The van der Waals surface area contributed by atoms with E-state index >= 15 is 0 Å². The largest absolute Gasteiger partial charge is 0.388 e. The third-order valence-electron chi connectivity index (χ3n) is 4.32. The summed E-state index contributed by atoms with van der Waals surface area (Å²) < 4.78 is 8.22. The van der Waals surface area contributed by atoms with Gasteiger partial charge in [0.2, 0.25) is 0 Å². The lowest BCUT2D eigenvalue weighted by Crippen LogP contribution is -2.41. The molecule has 1 aromatic carbocycles. The average Bonchev–Trinajstić information content (AvgIpc) is 2.88. The molecule has 0 amide bonds. The molecule has 0 bridgehead atoms. The van der Waals surface area contributed by atoms with Gasteiger partial charge in [-0.3, -0.25) is 0 Å². The maximum Gasteiger partial charge on any atom is 0.0830 e. The van der Waals surface area contributed by atoms with Crippen molar-refractivity contribution in [2.24, 2.45) is 5.92 Å². The Morgan fingerprint density at radius 3 is 3.10 bits per heavy atom. The zero-order chi connectivity index (χ0) is 14.2. The molecule has 3 unspecified atom stereocenters. The second-order valence-electron chi connectivity index (χ2n) is 5.70. The van der Waals surface area contributed by atoms with Gasteiger partial charge in [0.25, 0.3) is 0 Å². The first-order chi connectivity index (χ1) is 9.60. The van der Waals surface area contributed by atoms with Crippen LogP contribution in [0.4, 0.5) is 0 Å². The number of aliphatic hydroxyl groups is 1. The normalized spacial score (nSPS) is 31.6. The number of ether oxygens (including phenoxy) is 1. The summed E-state index contributed by atoms with van der Waals surface area (Å²) in [4.78, 5) is 0. The number of rotatable bonds is 2. The van der Waals surface area contributed by atoms with Crippen LogP contribution in [0, 0.1) is 9.49 Å². The Labute approximate surface area is 146 Å². The zero-order valence-corrected chi connectivity index (χ0v) is 15.7. The molecule has 2 nitrogen and oxygen atoms in total. The van der Waals surface area contributed by atoms with Gasteiger partial charge in [-0.2, -0.15) is 11.8 Å². The van der Waals surface area contributed by atoms with E-state index in [1.807, 2.05) is 17.8 Å². The Morgan fingerprint density at radius 1 is 1.50 bits per heavy atom. The topological polar surface area (TPSA) is 29.5 Å². The fourth-order valence-corrected chi connectivity index (χ4v) is 5.61. The first-order valence-electron chi connectivity index (χ1n) is 6.94. The predicted octanol–water partition coefficient (Wildman–Crippen LogP) is 4.39. The number of hydrogen-bond donors (Lipinski definition) is 1. The molecule has 2 heterocycles. The summed E-state index contributed by atoms with van der Waals surface area (Å²) in [5, 5.41) is 10.8. The Bertz CT molecular complexity index is 491. The molecule has 1 spiro atoms. The Balaban J connectivity index is 1.79. The minimum absolute atomic E-state index is 0.0337. The van der Waals surface area contributed by atoms with Crippen molar-refractivity contribution in [2.45, 2.75) is 31.0 Å². The summed E-state index contributed by atoms with van der Waals surface area (Å²) in [5.74, 6) is 2.59. The van der Waals surface area contributed by atoms with Gasteiger partial charge in [0.05, 0.1) is 11.7 Å². The van der Waals surface area contributed by atoms with Crippen LogP contribution < -0.4 is 0 Å². The van der Waals surface area contributed by atoms with Crippen LogP contribution in [0.2, 0.25) is 0 Å². The molecule has 1 aromatic rings. The third kappa shape index (κ3) is 3.21. The summed E-state index contributed by atoms with van der Waals surface area (Å²) in [5.41, 5.74) is 1.08. The number of hydrogen-bond acceptors (Lipinski definition) is 3. The zero-order valence-electron chi connectivity index (χ0n) is 11.1. The molecule has 0 aliphatic carbocycles. The lowest BCUT2D eigenvalue weighted by Gasteiger charge is -2.39. The minimum atomic E-state index is -0.384. The fourth-order valence-electron chi connectivity index (χ4n) is 3.19. The van der Waals surface area contributed by atoms with E-state index < -0.39 is 0 Å². The van der Waals surface area contributed by atoms with E-state index in [9.17, 15) is 5.11 Å². The van der Waals surface area contributed by atoms with Crippen LogP contribution in [0.3, 0.4) is 0 Å². The minimum Gasteiger partial charge on any atom is -0.388 e. The summed E-state index contributed by atoms with van der Waals surface area (Å²) >= 11 is 7.80. The second-order valence-corrected chi connectivity index (χ2v) is 8.88. The molecule has 0 saturated carbocycles. The molecule has 0 aromatic heterocycles. The van der Waals surface area contributed by atoms with Crippen molar-refractivity contribution in [3.8, 4) is 0 Å². The lowest BCUT2D eigenvalue weighted by atomic mass is 9.80. The molecule has 2 fully saturated rings. The molecular formula is C15H18BrIO2S. The number of thioether (sulfide) groups is 1. The van der Waals surface area contributed by atoms with Crippen molar-refractivity contribution < 1.29 is 9.84 Å². The maximum absolute atomic E-state index is 10.8. The van der Waals surface area contributed by atoms with Crippen molar-refractivity contribution >= 4 is 50.3 Å². The van der Waals surface area contributed by atoms with E-state index in [2.05, 4.69) is 50.7 Å². The predicted molar refractivity (Wildman–Crippen MR) is 95.2 cm³/mol. The second kappa shape index (κ2) is 6.44. The van der Waals surface area contributed by atoms with Gasteiger partial charge in [-0.15, -0.1) is 0 Å². The Morgan fingerprint density at radius 2 is 2.35 bits per heavy atom. The van der Waals surface area contributed by atoms with Crippen LogP contribution in [0.15, 0.2) is 22.7 Å². The van der Waals surface area contributed by atoms with E-state index in [1.165, 1.54) is 5.75 Å². The van der Waals surface area contributed by atoms with E-state index in [1.54, 1.807) is 0 Å². The van der Waals surface area contributed by atoms with E-state index in [0.717, 1.165) is 45.2 Å². The van der Waals surface area contributed by atoms with Crippen LogP contribution in [0.25, 0.3) is 0 Å². The van der Waals surface area contributed by atoms with Gasteiger partial charge in [0.1, 0.15) is 0 Å². The highest BCUT2D eigenvalue weighted by Crippen LogP contribution is 2.44. The van der Waals surface area contributed by atoms with Crippen molar-refractivity contribution in [3.05, 3.63) is 31.8 Å². The van der Waals surface area contributed by atoms with Gasteiger partial charge in [0.15, 0.2) is 0 Å². The molecule has 0 radical (unpaired) electrons. The van der Waals surface area contributed by atoms with Gasteiger partial charge in [-0.05, 0) is 77.3 Å². The summed E-state index contributed by atoms with van der Waals surface area (Å²) in [6, 6.07) is 6.14. The molecule has 2 aliphatic heterocycles. The van der Waals surface area contributed by atoms with Crippen molar-refractivity contribution in [2.75, 3.05) is 18.1 Å². The van der Waals surface area contributed by atoms with E-state index in [4.69, 9.17) is 4.74 Å². The first-order valence-corrected chi connectivity index (χ1v) is 9.97. The third-order valence-corrected chi connectivity index (χ3v) is 7.02. The standard InChI is InChI=1S/C15H18BrIO2S/c16-11-1-2-13(17)12(7-11)14(18)10-3-5-19-15(8-10)4-6-20-9-15/h1-2,7,10,14,18H,3-6,8-9H2. The highest BCUT2D eigenvalue weighted by molar-refractivity contribution is 14.1. The van der Waals surface area contributed by atoms with E-state index in [0.29, 0.717) is 5.92 Å². The van der Waals surface area contributed by atoms with Crippen molar-refractivity contribution in [1.29, 1.82) is 0 Å². The average molecular weight is 469 g/mol. The first kappa shape index (κ1) is 15.6. The summed E-state index contributed by atoms with van der Waals surface area (Å²) in [7, 11) is 0. The molecule has 1 N–H and O–H groups in total. The van der Waals surface area contributed by atoms with Gasteiger partial charge < -0.3 is 9.84 Å². The van der Waals surface area contributed by atoms with Crippen LogP contribution >= 0.6 is 50.3 Å². The highest BCUT2D eigenvalue weighted by atomic mass is 127. The fraction of sp³-hybridized carbons (Fsp3) is 0.600. The number of halogens is 2. The van der Waals surface area contributed by atoms with Gasteiger partial charge >= 0.3 is 0 Å². The van der Waals surface area contributed by atoms with Crippen molar-refractivity contribution in [3.63, 3.8) is 0 Å². The summed E-state index contributed by atoms with van der Waals surface area (Å²) in [6.45, 7) is 0.785. The highest BCUT2D eigenvalue weighted by Gasteiger charge is 2.42. The maximum atomic E-state index is 10.8. The smallest absolute Gasteiger partial charge is 0.0830 e. The number of benzene rings is 1. The molecule has 3 rings (SSSR count). The van der Waals surface area contributed by atoms with Crippen LogP contribution in [-0.2, 0) is 4.74 Å². The van der Waals surface area contributed by atoms with Crippen LogP contribution in [0.5, 0.6) is 0 Å². The number of aliphatic hydroxyl groups excluding tert-OH is 1. The van der Waals surface area contributed by atoms with E-state index in [-0.39, 0.29) is 11.7 Å². The Kier molecular flexibility index (Phi) is 5.02. The van der Waals surface area contributed by atoms with Crippen LogP contribution in [0.1, 0.15) is 30.9 Å². The van der Waals surface area contributed by atoms with Crippen LogP contribution in [-0.4, -0.2) is 28.8 Å². The lowest BCUT2D eigenvalue weighted by molar-refractivity contribution is -0.102.